The third-order valence-electron chi connectivity index (χ3n) is 0.462. The zero-order valence-electron chi connectivity index (χ0n) is 4.20. The molecule has 0 bridgehead atoms. The fourth-order valence-electron chi connectivity index (χ4n) is 0.202. The summed E-state index contributed by atoms with van der Waals surface area (Å²) >= 11 is 0. The highest BCUT2D eigenvalue weighted by molar-refractivity contribution is 5.21. The lowest BCUT2D eigenvalue weighted by Crippen LogP contribution is -1.58. The van der Waals surface area contributed by atoms with E-state index in [4.69, 9.17) is 6.42 Å². The molecule has 0 rings (SSSR count). The zero-order chi connectivity index (χ0) is 5.54. The Morgan fingerprint density at radius 3 is 2.71 bits per heavy atom. The van der Waals surface area contributed by atoms with E-state index in [2.05, 4.69) is 24.7 Å². The van der Waals surface area contributed by atoms with Gasteiger partial charge in [0.15, 0.2) is 0 Å². The molecule has 0 saturated heterocycles. The molecule has 0 aromatic rings. The molecule has 0 unspecified atom stereocenters. The Labute approximate surface area is 44.9 Å². The minimum atomic E-state index is 0.810. The molecule has 0 amide bonds. The molecule has 0 nitrogen and oxygen atoms in total. The standard InChI is InChI=1S/C7H7/c1-3-5-7-6-4-2/h1H,2,4,6H2. The fraction of sp³-hybridized carbons (Fsp3) is 0.286. The summed E-state index contributed by atoms with van der Waals surface area (Å²) in [4.78, 5) is 0. The topological polar surface area (TPSA) is 0 Å². The van der Waals surface area contributed by atoms with Crippen LogP contribution < -0.4 is 0 Å². The summed E-state index contributed by atoms with van der Waals surface area (Å²) in [6.07, 6.45) is 6.48. The van der Waals surface area contributed by atoms with E-state index in [1.165, 1.54) is 0 Å². The second-order valence-electron chi connectivity index (χ2n) is 1.05. The summed E-state index contributed by atoms with van der Waals surface area (Å²) in [6.45, 7) is 3.59. The summed E-state index contributed by atoms with van der Waals surface area (Å²) in [5, 5.41) is 0. The minimum absolute atomic E-state index is 0.810. The van der Waals surface area contributed by atoms with E-state index in [1.807, 2.05) is 0 Å². The van der Waals surface area contributed by atoms with Gasteiger partial charge in [-0.15, -0.1) is 6.42 Å². The zero-order valence-corrected chi connectivity index (χ0v) is 4.20. The van der Waals surface area contributed by atoms with Gasteiger partial charge in [0.2, 0.25) is 0 Å². The molecule has 0 heterocycles. The number of hydrogen-bond acceptors (Lipinski definition) is 0. The highest BCUT2D eigenvalue weighted by Crippen LogP contribution is 1.78. The van der Waals surface area contributed by atoms with Crippen LogP contribution in [0.15, 0.2) is 0 Å². The summed E-state index contributed by atoms with van der Waals surface area (Å²) in [7, 11) is 0. The van der Waals surface area contributed by atoms with Crippen LogP contribution in [0.4, 0.5) is 0 Å². The molecule has 1 radical (unpaired) electrons. The molecule has 0 N–H and O–H groups in total. The van der Waals surface area contributed by atoms with Crippen molar-refractivity contribution in [2.24, 2.45) is 0 Å². The van der Waals surface area contributed by atoms with Crippen LogP contribution in [0.3, 0.4) is 0 Å². The monoisotopic (exact) mass is 91.1 g/mol. The van der Waals surface area contributed by atoms with Gasteiger partial charge in [0.05, 0.1) is 0 Å². The maximum atomic E-state index is 4.83. The highest BCUT2D eigenvalue weighted by Gasteiger charge is 1.65. The van der Waals surface area contributed by atoms with Crippen molar-refractivity contribution in [2.75, 3.05) is 0 Å². The van der Waals surface area contributed by atoms with Gasteiger partial charge in [0.1, 0.15) is 0 Å². The van der Waals surface area contributed by atoms with Crippen molar-refractivity contribution in [1.82, 2.24) is 0 Å². The first-order valence-electron chi connectivity index (χ1n) is 2.14. The SMILES string of the molecule is C#CC#CCC[CH2]. The van der Waals surface area contributed by atoms with Gasteiger partial charge in [-0.05, 0) is 18.3 Å². The molecule has 0 aliphatic rings. The molecule has 0 saturated carbocycles. The smallest absolute Gasteiger partial charge is 0.00989 e. The first kappa shape index (κ1) is 6.12. The molecule has 0 spiro atoms. The van der Waals surface area contributed by atoms with Gasteiger partial charge in [-0.25, -0.2) is 0 Å². The van der Waals surface area contributed by atoms with Crippen molar-refractivity contribution in [2.45, 2.75) is 12.8 Å². The van der Waals surface area contributed by atoms with Crippen LogP contribution in [0.1, 0.15) is 12.8 Å². The second kappa shape index (κ2) is 5.12. The normalized spacial score (nSPS) is 5.71. The van der Waals surface area contributed by atoms with E-state index < -0.39 is 0 Å². The molecule has 0 aliphatic carbocycles. The largest absolute Gasteiger partial charge is 0.106 e. The number of hydrogen-bond donors (Lipinski definition) is 0. The van der Waals surface area contributed by atoms with Gasteiger partial charge in [-0.3, -0.25) is 0 Å². The Morgan fingerprint density at radius 2 is 2.29 bits per heavy atom. The maximum absolute atomic E-state index is 4.83. The third kappa shape index (κ3) is 5.12. The van der Waals surface area contributed by atoms with Crippen LogP contribution in [0.2, 0.25) is 0 Å². The Balaban J connectivity index is 3.13. The van der Waals surface area contributed by atoms with Crippen LogP contribution >= 0.6 is 0 Å². The van der Waals surface area contributed by atoms with Gasteiger partial charge in [-0.2, -0.15) is 0 Å². The summed E-state index contributed by atoms with van der Waals surface area (Å²) in [5.41, 5.74) is 0. The summed E-state index contributed by atoms with van der Waals surface area (Å²) < 4.78 is 0. The first-order chi connectivity index (χ1) is 3.41. The van der Waals surface area contributed by atoms with Gasteiger partial charge < -0.3 is 0 Å². The molecule has 0 aromatic carbocycles. The number of terminal acetylenes is 1. The van der Waals surface area contributed by atoms with E-state index in [0.29, 0.717) is 0 Å². The van der Waals surface area contributed by atoms with E-state index >= 15 is 0 Å². The van der Waals surface area contributed by atoms with Crippen LogP contribution in [-0.4, -0.2) is 0 Å². The minimum Gasteiger partial charge on any atom is -0.106 e. The lowest BCUT2D eigenvalue weighted by molar-refractivity contribution is 1.08. The Kier molecular flexibility index (Phi) is 4.48. The van der Waals surface area contributed by atoms with E-state index in [0.717, 1.165) is 12.8 Å². The molecular formula is C7H7. The fourth-order valence-corrected chi connectivity index (χ4v) is 0.202. The van der Waals surface area contributed by atoms with Gasteiger partial charge >= 0.3 is 0 Å². The van der Waals surface area contributed by atoms with Crippen LogP contribution in [-0.2, 0) is 0 Å². The van der Waals surface area contributed by atoms with Crippen molar-refractivity contribution in [1.29, 1.82) is 0 Å². The molecule has 7 heavy (non-hydrogen) atoms. The van der Waals surface area contributed by atoms with Gasteiger partial charge in [0.25, 0.3) is 0 Å². The van der Waals surface area contributed by atoms with Crippen molar-refractivity contribution in [3.05, 3.63) is 6.92 Å². The highest BCUT2D eigenvalue weighted by atomic mass is 13.7. The molecule has 0 aliphatic heterocycles. The van der Waals surface area contributed by atoms with Crippen LogP contribution in [0.5, 0.6) is 0 Å². The lowest BCUT2D eigenvalue weighted by Gasteiger charge is -1.71. The molecule has 0 atom stereocenters. The molecular weight excluding hydrogens is 84.1 g/mol. The average Bonchev–Trinajstić information content (AvgIpc) is 1.69. The predicted molar refractivity (Wildman–Crippen MR) is 31.2 cm³/mol. The predicted octanol–water partition coefficient (Wildman–Crippen LogP) is 1.24. The van der Waals surface area contributed by atoms with Crippen molar-refractivity contribution in [3.63, 3.8) is 0 Å². The molecule has 0 heteroatoms. The van der Waals surface area contributed by atoms with Gasteiger partial charge in [0, 0.05) is 6.42 Å². The van der Waals surface area contributed by atoms with E-state index in [9.17, 15) is 0 Å². The first-order valence-corrected chi connectivity index (χ1v) is 2.14. The number of rotatable bonds is 1. The maximum Gasteiger partial charge on any atom is 0.00989 e. The third-order valence-corrected chi connectivity index (χ3v) is 0.462. The average molecular weight is 91.1 g/mol. The Morgan fingerprint density at radius 1 is 1.57 bits per heavy atom. The van der Waals surface area contributed by atoms with Crippen LogP contribution in [0, 0.1) is 31.1 Å². The Hall–Kier alpha value is -0.880. The Bertz CT molecular complexity index is 115. The van der Waals surface area contributed by atoms with Gasteiger partial charge in [-0.1, -0.05) is 12.8 Å². The van der Waals surface area contributed by atoms with E-state index in [-0.39, 0.29) is 0 Å². The summed E-state index contributed by atoms with van der Waals surface area (Å²) in [5.74, 6) is 7.44. The van der Waals surface area contributed by atoms with E-state index in [1.54, 1.807) is 0 Å². The molecule has 0 fully saturated rings. The molecule has 35 valence electrons. The van der Waals surface area contributed by atoms with Crippen molar-refractivity contribution >= 4 is 0 Å². The quantitative estimate of drug-likeness (QED) is 0.426. The lowest BCUT2D eigenvalue weighted by atomic mass is 10.3. The second-order valence-corrected chi connectivity index (χ2v) is 1.05. The summed E-state index contributed by atoms with van der Waals surface area (Å²) in [6, 6.07) is 0. The van der Waals surface area contributed by atoms with Crippen molar-refractivity contribution < 1.29 is 0 Å². The number of unbranched alkanes of at least 4 members (excludes halogenated alkanes) is 1. The van der Waals surface area contributed by atoms with Crippen LogP contribution in [0.25, 0.3) is 0 Å². The van der Waals surface area contributed by atoms with Crippen molar-refractivity contribution in [3.8, 4) is 24.2 Å². The molecule has 0 aromatic heterocycles.